The molecule has 14 nitrogen and oxygen atoms in total. The van der Waals surface area contributed by atoms with E-state index in [-0.39, 0.29) is 56.2 Å². The Labute approximate surface area is 527 Å². The van der Waals surface area contributed by atoms with E-state index in [1.807, 2.05) is 36.1 Å². The number of fused-ring (bicyclic) bond motifs is 2. The Bertz CT molecular complexity index is 3640. The first-order chi connectivity index (χ1) is 42.5. The van der Waals surface area contributed by atoms with Crippen LogP contribution in [0.4, 0.5) is 42.5 Å². The van der Waals surface area contributed by atoms with Crippen LogP contribution in [0.1, 0.15) is 97.5 Å². The van der Waals surface area contributed by atoms with Crippen molar-refractivity contribution < 1.29 is 74.0 Å². The lowest BCUT2D eigenvalue weighted by Gasteiger charge is -2.31. The average Bonchev–Trinajstić information content (AvgIpc) is 1.75. The SMILES string of the molecule is CCN(C)C(CC(=O)OC(C)(C)C)C(=O)N1CCc2cc(OCc3cc(-c4ccccc4)c(C(F)(F)F)s3)ccc21.CN(C(=O)OCc1ccccc1)C(CC(=O)OC(C)(C)C)C(=O)N1CCc2cc(OCc3cc(-c4ccccc4)c(C(F)(F)F)s3)ccc21. The maximum absolute atomic E-state index is 14.0. The zero-order valence-electron chi connectivity index (χ0n) is 51.5. The van der Waals surface area contributed by atoms with E-state index < -0.39 is 69.3 Å². The van der Waals surface area contributed by atoms with Gasteiger partial charge < -0.3 is 33.5 Å². The molecule has 4 heterocycles. The fourth-order valence-corrected chi connectivity index (χ4v) is 12.2. The predicted molar refractivity (Wildman–Crippen MR) is 334 cm³/mol. The Kier molecular flexibility index (Phi) is 21.6. The van der Waals surface area contributed by atoms with E-state index in [0.717, 1.165) is 27.3 Å². The van der Waals surface area contributed by atoms with E-state index in [9.17, 15) is 50.3 Å². The molecule has 3 amide bonds. The summed E-state index contributed by atoms with van der Waals surface area (Å²) < 4.78 is 111. The standard InChI is InChI=1S/C37H37F3N2O6S.C31H35F3N2O4S/c1-36(2,3)48-32(43)21-31(41(4)35(45)47-22-24-11-7-5-8-12-24)34(44)42-18-17-26-19-27(15-16-30(26)42)46-23-28-20-29(25-13-9-6-10-14-25)33(49-28)37(38,39)40;1-6-35(5)26(18-27(37)40-30(2,3)4)29(38)36-15-14-21-16-22(12-13-25(21)36)39-19-23-17-24(20-10-8-7-9-11-20)28(41-23)31(32,33)34/h5-16,19-20,31H,17-18,21-23H2,1-4H3;7-13,16-17,26H,6,14-15,18-19H2,1-5H3. The fraction of sp³-hybridized carbons (Fsp3) is 0.368. The number of benzene rings is 5. The molecule has 478 valence electrons. The number of nitrogens with zero attached hydrogens (tertiary/aromatic N) is 4. The minimum absolute atomic E-state index is 0.0107. The van der Waals surface area contributed by atoms with Crippen molar-refractivity contribution in [2.24, 2.45) is 0 Å². The smallest absolute Gasteiger partial charge is 0.426 e. The van der Waals surface area contributed by atoms with Gasteiger partial charge in [-0.1, -0.05) is 97.9 Å². The van der Waals surface area contributed by atoms with Gasteiger partial charge in [0.25, 0.3) is 5.91 Å². The van der Waals surface area contributed by atoms with Gasteiger partial charge in [-0.25, -0.2) is 4.79 Å². The summed E-state index contributed by atoms with van der Waals surface area (Å²) in [6.45, 7) is 13.7. The first kappa shape index (κ1) is 67.7. The Morgan fingerprint density at radius 3 is 1.33 bits per heavy atom. The summed E-state index contributed by atoms with van der Waals surface area (Å²) in [5.74, 6) is -0.796. The molecule has 2 atom stereocenters. The summed E-state index contributed by atoms with van der Waals surface area (Å²) in [6.07, 6.45) is -9.12. The van der Waals surface area contributed by atoms with Crippen LogP contribution in [0.25, 0.3) is 22.3 Å². The number of amides is 3. The van der Waals surface area contributed by atoms with Crippen LogP contribution in [0.15, 0.2) is 140 Å². The van der Waals surface area contributed by atoms with Gasteiger partial charge in [0.1, 0.15) is 58.3 Å². The molecule has 0 aliphatic carbocycles. The van der Waals surface area contributed by atoms with Crippen molar-refractivity contribution in [2.75, 3.05) is 43.5 Å². The van der Waals surface area contributed by atoms with Gasteiger partial charge in [-0.05, 0) is 144 Å². The van der Waals surface area contributed by atoms with Crippen molar-refractivity contribution in [3.8, 4) is 33.8 Å². The van der Waals surface area contributed by atoms with Crippen molar-refractivity contribution in [2.45, 2.75) is 130 Å². The molecule has 0 N–H and O–H groups in total. The second kappa shape index (κ2) is 28.7. The van der Waals surface area contributed by atoms with Gasteiger partial charge in [0.15, 0.2) is 0 Å². The number of hydrogen-bond acceptors (Lipinski definition) is 13. The minimum atomic E-state index is -4.51. The molecule has 0 bridgehead atoms. The Balaban J connectivity index is 0.000000236. The first-order valence-electron chi connectivity index (χ1n) is 29.2. The van der Waals surface area contributed by atoms with Crippen molar-refractivity contribution in [1.29, 1.82) is 0 Å². The van der Waals surface area contributed by atoms with E-state index in [4.69, 9.17) is 23.7 Å². The van der Waals surface area contributed by atoms with Crippen LogP contribution in [0.3, 0.4) is 0 Å². The third-order valence-electron chi connectivity index (χ3n) is 14.6. The minimum Gasteiger partial charge on any atom is -0.488 e. The maximum Gasteiger partial charge on any atom is 0.426 e. The number of carbonyl (C=O) groups excluding carboxylic acids is 5. The fourth-order valence-electron chi connectivity index (χ4n) is 10.2. The lowest BCUT2D eigenvalue weighted by Crippen LogP contribution is -2.50. The monoisotopic (exact) mass is 1280 g/mol. The number of hydrogen-bond donors (Lipinski definition) is 0. The third kappa shape index (κ3) is 17.8. The molecule has 5 aromatic carbocycles. The van der Waals surface area contributed by atoms with Crippen LogP contribution in [0, 0.1) is 0 Å². The second-order valence-electron chi connectivity index (χ2n) is 23.6. The van der Waals surface area contributed by atoms with E-state index in [1.54, 1.807) is 157 Å². The Morgan fingerprint density at radius 1 is 0.533 bits per heavy atom. The summed E-state index contributed by atoms with van der Waals surface area (Å²) in [4.78, 5) is 71.8. The normalized spacial score (nSPS) is 13.8. The zero-order chi connectivity index (χ0) is 65.3. The van der Waals surface area contributed by atoms with Crippen molar-refractivity contribution in [1.82, 2.24) is 9.80 Å². The average molecular weight is 1280 g/mol. The van der Waals surface area contributed by atoms with Gasteiger partial charge >= 0.3 is 30.4 Å². The predicted octanol–water partition coefficient (Wildman–Crippen LogP) is 15.2. The summed E-state index contributed by atoms with van der Waals surface area (Å²) >= 11 is 1.33. The first-order valence-corrected chi connectivity index (χ1v) is 30.8. The number of carbonyl (C=O) groups is 5. The number of likely N-dealkylation sites (N-methyl/N-ethyl adjacent to an activating group) is 2. The van der Waals surface area contributed by atoms with Gasteiger partial charge in [-0.2, -0.15) is 26.3 Å². The van der Waals surface area contributed by atoms with Crippen molar-refractivity contribution in [3.63, 3.8) is 0 Å². The lowest BCUT2D eigenvalue weighted by molar-refractivity contribution is -0.158. The zero-order valence-corrected chi connectivity index (χ0v) is 53.1. The molecule has 2 aliphatic rings. The van der Waals surface area contributed by atoms with Gasteiger partial charge in [0, 0.05) is 52.4 Å². The number of halogens is 6. The lowest BCUT2D eigenvalue weighted by atomic mass is 10.1. The van der Waals surface area contributed by atoms with Gasteiger partial charge in [0.05, 0.1) is 18.9 Å². The highest BCUT2D eigenvalue weighted by Crippen LogP contribution is 2.45. The molecule has 2 aromatic heterocycles. The van der Waals surface area contributed by atoms with Crippen LogP contribution in [0.2, 0.25) is 0 Å². The molecule has 0 fully saturated rings. The number of ether oxygens (including phenoxy) is 5. The highest BCUT2D eigenvalue weighted by atomic mass is 32.1. The van der Waals surface area contributed by atoms with Gasteiger partial charge in [0.2, 0.25) is 5.91 Å². The molecule has 2 unspecified atom stereocenters. The molecule has 2 aliphatic heterocycles. The Morgan fingerprint density at radius 2 is 0.933 bits per heavy atom. The summed E-state index contributed by atoms with van der Waals surface area (Å²) in [7, 11) is 3.21. The van der Waals surface area contributed by atoms with Crippen molar-refractivity contribution >= 4 is 63.9 Å². The van der Waals surface area contributed by atoms with Crippen LogP contribution in [0.5, 0.6) is 11.5 Å². The molecular formula is C68H72F6N4O10S2. The van der Waals surface area contributed by atoms with Crippen LogP contribution in [-0.4, -0.2) is 96.7 Å². The summed E-state index contributed by atoms with van der Waals surface area (Å²) in [5.41, 5.74) is 3.55. The Hall–Kier alpha value is -8.21. The summed E-state index contributed by atoms with van der Waals surface area (Å²) in [6, 6.07) is 37.6. The van der Waals surface area contributed by atoms with Crippen LogP contribution in [-0.2, 0) is 78.4 Å². The third-order valence-corrected chi connectivity index (χ3v) is 16.9. The number of esters is 2. The molecule has 0 saturated heterocycles. The van der Waals surface area contributed by atoms with Crippen LogP contribution < -0.4 is 19.3 Å². The molecule has 7 aromatic rings. The van der Waals surface area contributed by atoms with E-state index in [2.05, 4.69) is 0 Å². The molecule has 0 saturated carbocycles. The summed E-state index contributed by atoms with van der Waals surface area (Å²) in [5, 5.41) is 0. The van der Waals surface area contributed by atoms with Gasteiger partial charge in [-0.15, -0.1) is 22.7 Å². The highest BCUT2D eigenvalue weighted by molar-refractivity contribution is 7.13. The number of alkyl halides is 6. The highest BCUT2D eigenvalue weighted by Gasteiger charge is 2.41. The van der Waals surface area contributed by atoms with Crippen LogP contribution >= 0.6 is 22.7 Å². The molecule has 0 spiro atoms. The van der Waals surface area contributed by atoms with Crippen molar-refractivity contribution in [3.05, 3.63) is 176 Å². The largest absolute Gasteiger partial charge is 0.488 e. The van der Waals surface area contributed by atoms with E-state index in [1.165, 1.54) is 24.1 Å². The van der Waals surface area contributed by atoms with Gasteiger partial charge in [-0.3, -0.25) is 29.0 Å². The molecule has 0 radical (unpaired) electrons. The quantitative estimate of drug-likeness (QED) is 0.0433. The topological polar surface area (TPSA) is 144 Å². The molecule has 90 heavy (non-hydrogen) atoms. The second-order valence-corrected chi connectivity index (χ2v) is 25.9. The number of rotatable bonds is 19. The van der Waals surface area contributed by atoms with E-state index >= 15 is 0 Å². The maximum atomic E-state index is 14.0. The molecule has 22 heteroatoms. The van der Waals surface area contributed by atoms with E-state index in [0.29, 0.717) is 86.7 Å². The molecule has 9 rings (SSSR count). The molecular weight excluding hydrogens is 1210 g/mol. The number of anilines is 2. The number of thiophene rings is 2.